The fraction of sp³-hybridized carbons (Fsp3) is 0.300. The average Bonchev–Trinajstić information content (AvgIpc) is 2.42. The van der Waals surface area contributed by atoms with Crippen molar-refractivity contribution in [2.75, 3.05) is 14.1 Å². The first kappa shape index (κ1) is 9.02. The Bertz CT molecular complexity index is 496. The number of nitrogens with zero attached hydrogens (tertiary/aromatic N) is 1. The van der Waals surface area contributed by atoms with Crippen molar-refractivity contribution in [3.8, 4) is 0 Å². The molecular weight excluding hydrogens is 180 g/mol. The number of H-pyrrole nitrogens is 1. The Kier molecular flexibility index (Phi) is 2.13. The first-order valence-corrected chi connectivity index (χ1v) is 4.41. The molecular formula is C10H12N2O2. The van der Waals surface area contributed by atoms with Gasteiger partial charge in [0.2, 0.25) is 0 Å². The second-order valence-electron chi connectivity index (χ2n) is 3.58. The summed E-state index contributed by atoms with van der Waals surface area (Å²) in [5, 5.41) is 0. The molecule has 0 aliphatic rings. The van der Waals surface area contributed by atoms with Gasteiger partial charge < -0.3 is 9.32 Å². The summed E-state index contributed by atoms with van der Waals surface area (Å²) in [5.74, 6) is -0.401. The van der Waals surface area contributed by atoms with Crippen LogP contribution in [0.1, 0.15) is 5.56 Å². The number of fused-ring (bicyclic) bond motifs is 1. The van der Waals surface area contributed by atoms with Gasteiger partial charge in [0.25, 0.3) is 0 Å². The van der Waals surface area contributed by atoms with E-state index in [9.17, 15) is 4.79 Å². The van der Waals surface area contributed by atoms with E-state index < -0.39 is 5.76 Å². The second-order valence-corrected chi connectivity index (χ2v) is 3.58. The predicted molar refractivity (Wildman–Crippen MR) is 54.2 cm³/mol. The molecule has 1 heterocycles. The molecule has 0 saturated heterocycles. The van der Waals surface area contributed by atoms with Crippen molar-refractivity contribution in [2.24, 2.45) is 0 Å². The Hall–Kier alpha value is -1.55. The lowest BCUT2D eigenvalue weighted by Gasteiger charge is -2.08. The number of nitrogens with one attached hydrogen (secondary N) is 1. The molecule has 0 spiro atoms. The molecule has 0 radical (unpaired) electrons. The molecule has 1 aromatic carbocycles. The summed E-state index contributed by atoms with van der Waals surface area (Å²) < 4.78 is 4.96. The molecule has 0 amide bonds. The van der Waals surface area contributed by atoms with Gasteiger partial charge in [-0.3, -0.25) is 4.98 Å². The summed E-state index contributed by atoms with van der Waals surface area (Å²) >= 11 is 0. The van der Waals surface area contributed by atoms with Gasteiger partial charge in [-0.2, -0.15) is 0 Å². The number of aromatic nitrogens is 1. The Morgan fingerprint density at radius 2 is 2.21 bits per heavy atom. The summed E-state index contributed by atoms with van der Waals surface area (Å²) in [4.78, 5) is 15.6. The zero-order chi connectivity index (χ0) is 10.1. The van der Waals surface area contributed by atoms with Crippen LogP contribution < -0.4 is 5.76 Å². The third-order valence-electron chi connectivity index (χ3n) is 1.98. The Labute approximate surface area is 81.1 Å². The lowest BCUT2D eigenvalue weighted by molar-refractivity contribution is 0.402. The van der Waals surface area contributed by atoms with Crippen molar-refractivity contribution in [1.82, 2.24) is 9.88 Å². The van der Waals surface area contributed by atoms with Gasteiger partial charge in [0.05, 0.1) is 5.52 Å². The van der Waals surface area contributed by atoms with Crippen molar-refractivity contribution in [3.63, 3.8) is 0 Å². The largest absolute Gasteiger partial charge is 0.417 e. The van der Waals surface area contributed by atoms with Gasteiger partial charge in [-0.15, -0.1) is 0 Å². The van der Waals surface area contributed by atoms with Crippen LogP contribution in [0.5, 0.6) is 0 Å². The quantitative estimate of drug-likeness (QED) is 0.777. The number of oxazole rings is 1. The van der Waals surface area contributed by atoms with Gasteiger partial charge in [0, 0.05) is 6.54 Å². The standard InChI is InChI=1S/C10H12N2O2/c1-12(2)6-7-3-4-8-9(5-7)14-10(13)11-8/h3-5H,6H2,1-2H3,(H,11,13). The molecule has 74 valence electrons. The lowest BCUT2D eigenvalue weighted by atomic mass is 10.2. The molecule has 4 nitrogen and oxygen atoms in total. The van der Waals surface area contributed by atoms with Crippen molar-refractivity contribution < 1.29 is 4.42 Å². The van der Waals surface area contributed by atoms with E-state index in [-0.39, 0.29) is 0 Å². The van der Waals surface area contributed by atoms with E-state index in [1.807, 2.05) is 32.3 Å². The van der Waals surface area contributed by atoms with E-state index in [1.54, 1.807) is 0 Å². The molecule has 0 saturated carbocycles. The number of aromatic amines is 1. The normalized spacial score (nSPS) is 11.4. The number of hydrogen-bond donors (Lipinski definition) is 1. The highest BCUT2D eigenvalue weighted by atomic mass is 16.4. The van der Waals surface area contributed by atoms with Gasteiger partial charge in [-0.25, -0.2) is 4.79 Å². The Balaban J connectivity index is 2.45. The van der Waals surface area contributed by atoms with E-state index in [0.29, 0.717) is 5.58 Å². The average molecular weight is 192 g/mol. The summed E-state index contributed by atoms with van der Waals surface area (Å²) in [6.45, 7) is 0.838. The van der Waals surface area contributed by atoms with Gasteiger partial charge in [0.15, 0.2) is 5.58 Å². The van der Waals surface area contributed by atoms with Gasteiger partial charge in [-0.1, -0.05) is 6.07 Å². The van der Waals surface area contributed by atoms with E-state index in [4.69, 9.17) is 4.42 Å². The Morgan fingerprint density at radius 1 is 1.43 bits per heavy atom. The molecule has 0 unspecified atom stereocenters. The number of rotatable bonds is 2. The minimum atomic E-state index is -0.401. The SMILES string of the molecule is CN(C)Cc1ccc2[nH]c(=O)oc2c1. The highest BCUT2D eigenvalue weighted by Crippen LogP contribution is 2.12. The maximum Gasteiger partial charge on any atom is 0.417 e. The zero-order valence-corrected chi connectivity index (χ0v) is 8.20. The monoisotopic (exact) mass is 192 g/mol. The fourth-order valence-electron chi connectivity index (χ4n) is 1.45. The maximum atomic E-state index is 10.9. The van der Waals surface area contributed by atoms with Crippen molar-refractivity contribution in [3.05, 3.63) is 34.3 Å². The lowest BCUT2D eigenvalue weighted by Crippen LogP contribution is -2.10. The summed E-state index contributed by atoms with van der Waals surface area (Å²) in [6.07, 6.45) is 0. The number of benzene rings is 1. The third kappa shape index (κ3) is 1.70. The van der Waals surface area contributed by atoms with E-state index in [0.717, 1.165) is 17.6 Å². The van der Waals surface area contributed by atoms with Gasteiger partial charge >= 0.3 is 5.76 Å². The topological polar surface area (TPSA) is 49.2 Å². The molecule has 4 heteroatoms. The van der Waals surface area contributed by atoms with Crippen molar-refractivity contribution in [2.45, 2.75) is 6.54 Å². The van der Waals surface area contributed by atoms with Gasteiger partial charge in [0.1, 0.15) is 0 Å². The first-order chi connectivity index (χ1) is 6.65. The third-order valence-corrected chi connectivity index (χ3v) is 1.98. The van der Waals surface area contributed by atoms with Crippen LogP contribution in [-0.2, 0) is 6.54 Å². The molecule has 1 N–H and O–H groups in total. The van der Waals surface area contributed by atoms with Crippen LogP contribution >= 0.6 is 0 Å². The molecule has 14 heavy (non-hydrogen) atoms. The molecule has 0 aliphatic heterocycles. The number of hydrogen-bond acceptors (Lipinski definition) is 3. The maximum absolute atomic E-state index is 10.9. The Morgan fingerprint density at radius 3 is 2.93 bits per heavy atom. The minimum Gasteiger partial charge on any atom is -0.408 e. The van der Waals surface area contributed by atoms with Crippen molar-refractivity contribution in [1.29, 1.82) is 0 Å². The predicted octanol–water partition coefficient (Wildman–Crippen LogP) is 1.18. The molecule has 2 rings (SSSR count). The molecule has 0 fully saturated rings. The van der Waals surface area contributed by atoms with Crippen LogP contribution in [0.2, 0.25) is 0 Å². The van der Waals surface area contributed by atoms with Crippen LogP contribution in [0.25, 0.3) is 11.1 Å². The highest BCUT2D eigenvalue weighted by molar-refractivity contribution is 5.72. The molecule has 1 aromatic heterocycles. The van der Waals surface area contributed by atoms with Gasteiger partial charge in [-0.05, 0) is 31.8 Å². The highest BCUT2D eigenvalue weighted by Gasteiger charge is 2.02. The summed E-state index contributed by atoms with van der Waals surface area (Å²) in [7, 11) is 4.00. The second kappa shape index (κ2) is 3.31. The van der Waals surface area contributed by atoms with Crippen LogP contribution in [0.3, 0.4) is 0 Å². The van der Waals surface area contributed by atoms with E-state index in [2.05, 4.69) is 9.88 Å². The molecule has 0 bridgehead atoms. The molecule has 2 aromatic rings. The molecule has 0 aliphatic carbocycles. The van der Waals surface area contributed by atoms with Crippen molar-refractivity contribution >= 4 is 11.1 Å². The zero-order valence-electron chi connectivity index (χ0n) is 8.20. The smallest absolute Gasteiger partial charge is 0.408 e. The van der Waals surface area contributed by atoms with E-state index >= 15 is 0 Å². The summed E-state index contributed by atoms with van der Waals surface area (Å²) in [5.41, 5.74) is 2.50. The molecule has 0 atom stereocenters. The minimum absolute atomic E-state index is 0.401. The van der Waals surface area contributed by atoms with Crippen LogP contribution in [0.4, 0.5) is 0 Å². The fourth-order valence-corrected chi connectivity index (χ4v) is 1.45. The van der Waals surface area contributed by atoms with Crippen LogP contribution in [0, 0.1) is 0 Å². The van der Waals surface area contributed by atoms with Crippen LogP contribution in [0.15, 0.2) is 27.4 Å². The van der Waals surface area contributed by atoms with E-state index in [1.165, 1.54) is 0 Å². The first-order valence-electron chi connectivity index (χ1n) is 4.41. The van der Waals surface area contributed by atoms with Crippen LogP contribution in [-0.4, -0.2) is 24.0 Å². The summed E-state index contributed by atoms with van der Waals surface area (Å²) in [6, 6.07) is 5.72.